The quantitative estimate of drug-likeness (QED) is 0.505. The van der Waals surface area contributed by atoms with Crippen LogP contribution in [0, 0.1) is 11.8 Å². The van der Waals surface area contributed by atoms with Crippen LogP contribution in [-0.4, -0.2) is 25.3 Å². The highest BCUT2D eigenvalue weighted by atomic mass is 16.1. The lowest BCUT2D eigenvalue weighted by atomic mass is 9.89. The second-order valence-electron chi connectivity index (χ2n) is 6.29. The van der Waals surface area contributed by atoms with Gasteiger partial charge in [-0.2, -0.15) is 0 Å². The first kappa shape index (κ1) is 24.4. The minimum Gasteiger partial charge on any atom is -0.356 e. The molecule has 142 valence electrons. The van der Waals surface area contributed by atoms with Crippen molar-refractivity contribution in [3.8, 4) is 0 Å². The minimum absolute atomic E-state index is 0. The van der Waals surface area contributed by atoms with Crippen molar-refractivity contribution >= 4 is 12.2 Å². The summed E-state index contributed by atoms with van der Waals surface area (Å²) >= 11 is 0. The van der Waals surface area contributed by atoms with Crippen LogP contribution in [0.15, 0.2) is 0 Å². The van der Waals surface area contributed by atoms with Crippen LogP contribution in [-0.2, 0) is 9.59 Å². The second-order valence-corrected chi connectivity index (χ2v) is 6.29. The van der Waals surface area contributed by atoms with Crippen LogP contribution in [0.1, 0.15) is 88.3 Å². The first-order valence-corrected chi connectivity index (χ1v) is 9.52. The van der Waals surface area contributed by atoms with Crippen LogP contribution in [0.5, 0.6) is 0 Å². The summed E-state index contributed by atoms with van der Waals surface area (Å²) in [6.07, 6.45) is 11.3. The number of rotatable bonds is 8. The van der Waals surface area contributed by atoms with Crippen LogP contribution in [0.4, 0.5) is 0 Å². The normalized spacial score (nSPS) is 14.2. The molecular weight excluding hydrogens is 288 g/mol. The van der Waals surface area contributed by atoms with Gasteiger partial charge in [0, 0.05) is 21.7 Å². The zero-order valence-electron chi connectivity index (χ0n) is 15.9. The molecule has 1 amide bonds. The molecule has 1 aliphatic rings. The van der Waals surface area contributed by atoms with Crippen LogP contribution in [0.2, 0.25) is 0 Å². The molecule has 0 heterocycles. The molecule has 0 atom stereocenters. The maximum absolute atomic E-state index is 11.5. The zero-order valence-corrected chi connectivity index (χ0v) is 15.9. The van der Waals surface area contributed by atoms with Gasteiger partial charge in [-0.1, -0.05) is 53.4 Å². The Kier molecular flexibility index (Phi) is 20.3. The van der Waals surface area contributed by atoms with Gasteiger partial charge in [-0.3, -0.25) is 4.79 Å². The molecule has 0 spiro atoms. The fourth-order valence-electron chi connectivity index (χ4n) is 2.34. The van der Waals surface area contributed by atoms with Gasteiger partial charge in [0.25, 0.3) is 0 Å². The third kappa shape index (κ3) is 19.1. The maximum atomic E-state index is 11.5. The molecule has 3 N–H and O–H groups in total. The fourth-order valence-corrected chi connectivity index (χ4v) is 2.34. The van der Waals surface area contributed by atoms with Crippen molar-refractivity contribution in [1.82, 2.24) is 5.32 Å². The molecule has 23 heavy (non-hydrogen) atoms. The van der Waals surface area contributed by atoms with Gasteiger partial charge in [0.15, 0.2) is 0 Å². The molecule has 0 aliphatic heterocycles. The van der Waals surface area contributed by atoms with Crippen LogP contribution < -0.4 is 11.1 Å². The van der Waals surface area contributed by atoms with Crippen molar-refractivity contribution in [2.75, 3.05) is 13.1 Å². The zero-order chi connectivity index (χ0) is 17.9. The van der Waals surface area contributed by atoms with Crippen molar-refractivity contribution in [1.29, 1.82) is 0 Å². The lowest BCUT2D eigenvalue weighted by molar-refractivity contribution is -0.121. The molecule has 1 aliphatic carbocycles. The molecule has 0 bridgehead atoms. The number of carbonyl (C=O) groups is 2. The van der Waals surface area contributed by atoms with E-state index in [1.807, 2.05) is 27.7 Å². The highest BCUT2D eigenvalue weighted by Crippen LogP contribution is 2.22. The van der Waals surface area contributed by atoms with E-state index in [9.17, 15) is 9.59 Å². The summed E-state index contributed by atoms with van der Waals surface area (Å²) in [7, 11) is 0. The predicted octanol–water partition coefficient (Wildman–Crippen LogP) is 4.56. The Hall–Kier alpha value is -0.900. The third-order valence-corrected chi connectivity index (χ3v) is 3.69. The van der Waals surface area contributed by atoms with Crippen molar-refractivity contribution in [2.45, 2.75) is 85.5 Å². The number of carbonyl (C=O) groups excluding carboxylic acids is 2. The van der Waals surface area contributed by atoms with Gasteiger partial charge in [-0.15, -0.1) is 0 Å². The van der Waals surface area contributed by atoms with Gasteiger partial charge in [-0.05, 0) is 38.1 Å². The van der Waals surface area contributed by atoms with E-state index in [0.29, 0.717) is 6.42 Å². The summed E-state index contributed by atoms with van der Waals surface area (Å²) < 4.78 is 0. The number of amides is 1. The summed E-state index contributed by atoms with van der Waals surface area (Å²) in [4.78, 5) is 21.0. The number of hydrogen-bond acceptors (Lipinski definition) is 3. The smallest absolute Gasteiger partial charge is 0.220 e. The minimum atomic E-state index is 0. The van der Waals surface area contributed by atoms with E-state index in [1.54, 1.807) is 0 Å². The van der Waals surface area contributed by atoms with Gasteiger partial charge in [0.2, 0.25) is 5.91 Å². The van der Waals surface area contributed by atoms with Crippen molar-refractivity contribution in [3.05, 3.63) is 0 Å². The van der Waals surface area contributed by atoms with Gasteiger partial charge >= 0.3 is 0 Å². The highest BCUT2D eigenvalue weighted by molar-refractivity contribution is 5.75. The van der Waals surface area contributed by atoms with Gasteiger partial charge in [-0.25, -0.2) is 0 Å². The number of nitrogens with two attached hydrogens (primary N) is 1. The highest BCUT2D eigenvalue weighted by Gasteiger charge is 2.13. The van der Waals surface area contributed by atoms with Crippen LogP contribution in [0.25, 0.3) is 0 Å². The monoisotopic (exact) mass is 332 g/mol. The summed E-state index contributed by atoms with van der Waals surface area (Å²) in [6.45, 7) is 9.35. The predicted molar refractivity (Wildman–Crippen MR) is 104 cm³/mol. The van der Waals surface area contributed by atoms with Crippen LogP contribution in [0.3, 0.4) is 0 Å². The van der Waals surface area contributed by atoms with Crippen molar-refractivity contribution < 1.29 is 12.4 Å². The van der Waals surface area contributed by atoms with Crippen molar-refractivity contribution in [2.24, 2.45) is 17.6 Å². The summed E-state index contributed by atoms with van der Waals surface area (Å²) in [5, 5.41) is 3.06. The van der Waals surface area contributed by atoms with E-state index in [2.05, 4.69) is 5.32 Å². The molecule has 1 fully saturated rings. The Balaban J connectivity index is -0.000000212. The fraction of sp³-hybridized carbons (Fsp3) is 0.895. The molecule has 0 aromatic carbocycles. The molecule has 0 aromatic heterocycles. The Morgan fingerprint density at radius 1 is 1.17 bits per heavy atom. The maximum Gasteiger partial charge on any atom is 0.220 e. The second kappa shape index (κ2) is 19.1. The first-order chi connectivity index (χ1) is 11.1. The molecule has 4 heteroatoms. The number of hydrogen-bond donors (Lipinski definition) is 2. The standard InChI is InChI=1S/C13H26N2O.C4H8O.C2H6.2H2/c14-10-6-2-5-9-13(16)15-11-12-7-3-1-4-8-12;1-4(2)3-5;1-2;;/h12H,1-11,14H2,(H,15,16);3-4H,1-2H3;1-2H3;2*1H. The lowest BCUT2D eigenvalue weighted by Crippen LogP contribution is -2.30. The van der Waals surface area contributed by atoms with E-state index in [4.69, 9.17) is 5.73 Å². The van der Waals surface area contributed by atoms with E-state index in [0.717, 1.165) is 44.6 Å². The topological polar surface area (TPSA) is 72.2 Å². The summed E-state index contributed by atoms with van der Waals surface area (Å²) in [5.41, 5.74) is 5.40. The number of unbranched alkanes of at least 4 members (excludes halogenated alkanes) is 2. The number of nitrogens with one attached hydrogen (secondary N) is 1. The largest absolute Gasteiger partial charge is 0.356 e. The molecule has 0 unspecified atom stereocenters. The Morgan fingerprint density at radius 2 is 1.74 bits per heavy atom. The molecule has 1 rings (SSSR count). The summed E-state index contributed by atoms with van der Waals surface area (Å²) in [6, 6.07) is 0. The van der Waals surface area contributed by atoms with Gasteiger partial charge < -0.3 is 15.8 Å². The van der Waals surface area contributed by atoms with E-state index in [1.165, 1.54) is 32.1 Å². The molecule has 0 saturated heterocycles. The summed E-state index contributed by atoms with van der Waals surface area (Å²) in [5.74, 6) is 1.17. The Labute approximate surface area is 146 Å². The van der Waals surface area contributed by atoms with E-state index < -0.39 is 0 Å². The Bertz CT molecular complexity index is 272. The first-order valence-electron chi connectivity index (χ1n) is 9.52. The average molecular weight is 333 g/mol. The Morgan fingerprint density at radius 3 is 2.22 bits per heavy atom. The molecular formula is C19H44N2O2. The SMILES string of the molecule is CC.CC(C)C=O.NCCCCCC(=O)NCC1CCCCC1.[HH].[HH]. The van der Waals surface area contributed by atoms with Crippen LogP contribution >= 0.6 is 0 Å². The number of aldehydes is 1. The van der Waals surface area contributed by atoms with Gasteiger partial charge in [0.1, 0.15) is 6.29 Å². The van der Waals surface area contributed by atoms with Crippen molar-refractivity contribution in [3.63, 3.8) is 0 Å². The molecule has 0 radical (unpaired) electrons. The third-order valence-electron chi connectivity index (χ3n) is 3.69. The molecule has 0 aromatic rings. The van der Waals surface area contributed by atoms with E-state index in [-0.39, 0.29) is 14.7 Å². The molecule has 4 nitrogen and oxygen atoms in total. The molecule has 1 saturated carbocycles. The average Bonchev–Trinajstić information content (AvgIpc) is 2.60. The van der Waals surface area contributed by atoms with E-state index >= 15 is 0 Å². The lowest BCUT2D eigenvalue weighted by Gasteiger charge is -2.21. The van der Waals surface area contributed by atoms with Gasteiger partial charge in [0.05, 0.1) is 0 Å².